The Kier molecular flexibility index (Phi) is 7.76. The summed E-state index contributed by atoms with van der Waals surface area (Å²) >= 11 is 9.39. The maximum Gasteiger partial charge on any atom is 0.123 e. The zero-order valence-electron chi connectivity index (χ0n) is 11.2. The number of rotatable bonds is 8. The van der Waals surface area contributed by atoms with Gasteiger partial charge < -0.3 is 4.74 Å². The fraction of sp³-hybridized carbons (Fsp3) is 0.600. The number of benzene rings is 1. The molecule has 1 rings (SSSR count). The first-order valence-corrected chi connectivity index (χ1v) is 8.01. The first kappa shape index (κ1) is 15.8. The maximum absolute atomic E-state index is 5.94. The Balaban J connectivity index is 2.56. The third-order valence-corrected chi connectivity index (χ3v) is 3.97. The second-order valence-electron chi connectivity index (χ2n) is 4.61. The minimum absolute atomic E-state index is 0.487. The van der Waals surface area contributed by atoms with Gasteiger partial charge in [0.25, 0.3) is 0 Å². The van der Waals surface area contributed by atoms with Crippen molar-refractivity contribution in [1.82, 2.24) is 0 Å². The summed E-state index contributed by atoms with van der Waals surface area (Å²) in [6, 6.07) is 6.02. The van der Waals surface area contributed by atoms with Crippen LogP contribution in [0.2, 0.25) is 0 Å². The third-order valence-electron chi connectivity index (χ3n) is 3.18. The van der Waals surface area contributed by atoms with Crippen LogP contribution in [0.15, 0.2) is 22.7 Å². The number of ether oxygens (including phenoxy) is 1. The van der Waals surface area contributed by atoms with E-state index in [4.69, 9.17) is 16.3 Å². The van der Waals surface area contributed by atoms with Crippen molar-refractivity contribution < 1.29 is 4.74 Å². The molecule has 0 aliphatic carbocycles. The predicted octanol–water partition coefficient (Wildman–Crippen LogP) is 5.78. The molecule has 0 spiro atoms. The van der Waals surface area contributed by atoms with Crippen LogP contribution in [0.4, 0.5) is 0 Å². The molecule has 0 amide bonds. The Morgan fingerprint density at radius 3 is 2.72 bits per heavy atom. The highest BCUT2D eigenvalue weighted by Crippen LogP contribution is 2.26. The Morgan fingerprint density at radius 2 is 2.11 bits per heavy atom. The van der Waals surface area contributed by atoms with Crippen LogP contribution in [0.3, 0.4) is 0 Å². The molecular weight excluding hydrogens is 312 g/mol. The van der Waals surface area contributed by atoms with Gasteiger partial charge in [-0.3, -0.25) is 0 Å². The van der Waals surface area contributed by atoms with Crippen LogP contribution < -0.4 is 4.74 Å². The molecule has 0 aliphatic heterocycles. The second-order valence-corrected chi connectivity index (χ2v) is 5.80. The van der Waals surface area contributed by atoms with Gasteiger partial charge in [-0.1, -0.05) is 49.0 Å². The Morgan fingerprint density at radius 1 is 1.33 bits per heavy atom. The quantitative estimate of drug-likeness (QED) is 0.548. The van der Waals surface area contributed by atoms with Gasteiger partial charge in [0.05, 0.1) is 12.5 Å². The highest BCUT2D eigenvalue weighted by molar-refractivity contribution is 9.10. The van der Waals surface area contributed by atoms with E-state index in [0.29, 0.717) is 11.8 Å². The van der Waals surface area contributed by atoms with Crippen LogP contribution >= 0.6 is 27.5 Å². The Bertz CT molecular complexity index is 354. The lowest BCUT2D eigenvalue weighted by atomic mass is 10.0. The van der Waals surface area contributed by atoms with Gasteiger partial charge in [0.1, 0.15) is 5.75 Å². The normalized spacial score (nSPS) is 12.4. The Hall–Kier alpha value is -0.210. The average molecular weight is 334 g/mol. The van der Waals surface area contributed by atoms with Gasteiger partial charge in [0.2, 0.25) is 0 Å². The lowest BCUT2D eigenvalue weighted by Crippen LogP contribution is -2.12. The summed E-state index contributed by atoms with van der Waals surface area (Å²) in [5.74, 6) is 2.06. The molecule has 0 fully saturated rings. The highest BCUT2D eigenvalue weighted by atomic mass is 79.9. The van der Waals surface area contributed by atoms with Crippen LogP contribution in [0.25, 0.3) is 0 Å². The van der Waals surface area contributed by atoms with Gasteiger partial charge in [-0.25, -0.2) is 0 Å². The summed E-state index contributed by atoms with van der Waals surface area (Å²) in [7, 11) is 0. The van der Waals surface area contributed by atoms with E-state index < -0.39 is 0 Å². The van der Waals surface area contributed by atoms with Crippen LogP contribution in [0.1, 0.15) is 45.1 Å². The van der Waals surface area contributed by atoms with Crippen molar-refractivity contribution in [2.75, 3.05) is 6.61 Å². The van der Waals surface area contributed by atoms with Crippen LogP contribution in [-0.4, -0.2) is 6.61 Å². The van der Waals surface area contributed by atoms with E-state index in [-0.39, 0.29) is 0 Å². The van der Waals surface area contributed by atoms with Crippen molar-refractivity contribution >= 4 is 27.5 Å². The molecule has 0 radical (unpaired) electrons. The molecule has 0 saturated carbocycles. The van der Waals surface area contributed by atoms with Gasteiger partial charge in [0.15, 0.2) is 0 Å². The number of hydrogen-bond donors (Lipinski definition) is 0. The smallest absolute Gasteiger partial charge is 0.123 e. The molecule has 0 heterocycles. The topological polar surface area (TPSA) is 9.23 Å². The molecule has 0 aromatic heterocycles. The van der Waals surface area contributed by atoms with Crippen molar-refractivity contribution in [3.8, 4) is 5.75 Å². The number of alkyl halides is 1. The minimum Gasteiger partial charge on any atom is -0.493 e. The number of halogens is 2. The summed E-state index contributed by atoms with van der Waals surface area (Å²) in [5, 5.41) is 0. The van der Waals surface area contributed by atoms with Crippen molar-refractivity contribution in [3.63, 3.8) is 0 Å². The fourth-order valence-electron chi connectivity index (χ4n) is 1.90. The van der Waals surface area contributed by atoms with Gasteiger partial charge in [-0.15, -0.1) is 11.6 Å². The third kappa shape index (κ3) is 5.19. The van der Waals surface area contributed by atoms with Gasteiger partial charge in [-0.05, 0) is 30.5 Å². The molecule has 0 bridgehead atoms. The zero-order valence-corrected chi connectivity index (χ0v) is 13.6. The van der Waals surface area contributed by atoms with Crippen LogP contribution in [-0.2, 0) is 5.88 Å². The van der Waals surface area contributed by atoms with E-state index in [0.717, 1.165) is 22.4 Å². The van der Waals surface area contributed by atoms with Crippen molar-refractivity contribution in [2.45, 2.75) is 45.4 Å². The molecule has 1 aromatic carbocycles. The van der Waals surface area contributed by atoms with Crippen LogP contribution in [0, 0.1) is 5.92 Å². The molecule has 0 aliphatic rings. The molecule has 1 aromatic rings. The van der Waals surface area contributed by atoms with E-state index in [1.54, 1.807) is 0 Å². The molecule has 1 unspecified atom stereocenters. The van der Waals surface area contributed by atoms with Crippen LogP contribution in [0.5, 0.6) is 5.75 Å². The van der Waals surface area contributed by atoms with E-state index in [9.17, 15) is 0 Å². The summed E-state index contributed by atoms with van der Waals surface area (Å²) in [6.45, 7) is 5.25. The average Bonchev–Trinajstić information content (AvgIpc) is 2.40. The zero-order chi connectivity index (χ0) is 13.4. The molecule has 0 N–H and O–H groups in total. The maximum atomic E-state index is 5.94. The van der Waals surface area contributed by atoms with E-state index >= 15 is 0 Å². The predicted molar refractivity (Wildman–Crippen MR) is 82.5 cm³/mol. The molecule has 18 heavy (non-hydrogen) atoms. The number of hydrogen-bond acceptors (Lipinski definition) is 1. The Labute approximate surface area is 124 Å². The fourth-order valence-corrected chi connectivity index (χ4v) is 2.52. The SMILES string of the molecule is CCCCC(CC)COc1ccc(Br)cc1CCl. The van der Waals surface area contributed by atoms with E-state index in [2.05, 4.69) is 29.8 Å². The molecule has 102 valence electrons. The van der Waals surface area contributed by atoms with Crippen molar-refractivity contribution in [1.29, 1.82) is 0 Å². The van der Waals surface area contributed by atoms with Gasteiger partial charge in [0, 0.05) is 10.0 Å². The van der Waals surface area contributed by atoms with E-state index in [1.165, 1.54) is 25.7 Å². The minimum atomic E-state index is 0.487. The van der Waals surface area contributed by atoms with Crippen molar-refractivity contribution in [2.24, 2.45) is 5.92 Å². The molecular formula is C15H22BrClO. The standard InChI is InChI=1S/C15H22BrClO/c1-3-5-6-12(4-2)11-18-15-8-7-14(16)9-13(15)10-17/h7-9,12H,3-6,10-11H2,1-2H3. The number of unbranched alkanes of at least 4 members (excludes halogenated alkanes) is 1. The molecule has 1 nitrogen and oxygen atoms in total. The second kappa shape index (κ2) is 8.82. The molecule has 3 heteroatoms. The summed E-state index contributed by atoms with van der Waals surface area (Å²) in [4.78, 5) is 0. The van der Waals surface area contributed by atoms with Crippen molar-refractivity contribution in [3.05, 3.63) is 28.2 Å². The lowest BCUT2D eigenvalue weighted by Gasteiger charge is -2.17. The largest absolute Gasteiger partial charge is 0.493 e. The highest BCUT2D eigenvalue weighted by Gasteiger charge is 2.09. The summed E-state index contributed by atoms with van der Waals surface area (Å²) in [6.07, 6.45) is 4.96. The molecule has 0 saturated heterocycles. The monoisotopic (exact) mass is 332 g/mol. The van der Waals surface area contributed by atoms with E-state index in [1.807, 2.05) is 18.2 Å². The first-order valence-electron chi connectivity index (χ1n) is 6.68. The summed E-state index contributed by atoms with van der Waals surface area (Å²) in [5.41, 5.74) is 1.05. The first-order chi connectivity index (χ1) is 8.71. The molecule has 1 atom stereocenters. The lowest BCUT2D eigenvalue weighted by molar-refractivity contribution is 0.232. The van der Waals surface area contributed by atoms with Gasteiger partial charge >= 0.3 is 0 Å². The van der Waals surface area contributed by atoms with Gasteiger partial charge in [-0.2, -0.15) is 0 Å². The summed E-state index contributed by atoms with van der Waals surface area (Å²) < 4.78 is 6.97.